The number of halogens is 2. The number of rotatable bonds is 4. The van der Waals surface area contributed by atoms with E-state index in [9.17, 15) is 14.4 Å². The number of carbonyl (C=O) groups excluding carboxylic acids is 3. The maximum atomic E-state index is 12.6. The van der Waals surface area contributed by atoms with Gasteiger partial charge in [0.1, 0.15) is 4.34 Å². The van der Waals surface area contributed by atoms with Crippen LogP contribution in [-0.4, -0.2) is 22.7 Å². The van der Waals surface area contributed by atoms with Crippen LogP contribution in [0, 0.1) is 0 Å². The third kappa shape index (κ3) is 3.61. The van der Waals surface area contributed by atoms with Crippen LogP contribution in [0.4, 0.5) is 10.8 Å². The van der Waals surface area contributed by atoms with Crippen molar-refractivity contribution in [2.24, 2.45) is 0 Å². The van der Waals surface area contributed by atoms with Crippen LogP contribution in [0.3, 0.4) is 0 Å². The lowest BCUT2D eigenvalue weighted by Crippen LogP contribution is -2.29. The van der Waals surface area contributed by atoms with E-state index >= 15 is 0 Å². The first-order chi connectivity index (χ1) is 15.4. The summed E-state index contributed by atoms with van der Waals surface area (Å²) in [5.74, 6) is -1.13. The van der Waals surface area contributed by atoms with Crippen molar-refractivity contribution < 1.29 is 14.4 Å². The van der Waals surface area contributed by atoms with Gasteiger partial charge in [0.2, 0.25) is 0 Å². The summed E-state index contributed by atoms with van der Waals surface area (Å²) in [4.78, 5) is 43.4. The number of nitrogens with zero attached hydrogens (tertiary/aromatic N) is 2. The first kappa shape index (κ1) is 20.8. The predicted octanol–water partition coefficient (Wildman–Crippen LogP) is 6.23. The second-order valence-electron chi connectivity index (χ2n) is 6.77. The Morgan fingerprint density at radius 2 is 1.59 bits per heavy atom. The van der Waals surface area contributed by atoms with E-state index in [-0.39, 0.29) is 17.7 Å². The summed E-state index contributed by atoms with van der Waals surface area (Å²) in [7, 11) is 0. The zero-order valence-corrected chi connectivity index (χ0v) is 19.1. The lowest BCUT2D eigenvalue weighted by atomic mass is 10.1. The van der Waals surface area contributed by atoms with Gasteiger partial charge >= 0.3 is 0 Å². The largest absolute Gasteiger partial charge is 0.298 e. The molecule has 0 atom stereocenters. The van der Waals surface area contributed by atoms with Crippen LogP contribution in [0.1, 0.15) is 31.1 Å². The standard InChI is InChI=1S/C22H11Cl2N3O3S2/c23-17-9-15(18(24)32-17)16-10-31-22(25-16)26-19(28)11-5-7-12(8-6-11)27-20(29)13-3-1-2-4-14(13)21(27)30/h1-10H,(H,25,26,28). The molecule has 2 aromatic carbocycles. The van der Waals surface area contributed by atoms with E-state index in [1.165, 1.54) is 22.7 Å². The van der Waals surface area contributed by atoms with Crippen molar-refractivity contribution in [2.75, 3.05) is 10.2 Å². The van der Waals surface area contributed by atoms with Crippen molar-refractivity contribution >= 4 is 74.4 Å². The van der Waals surface area contributed by atoms with Gasteiger partial charge in [-0.3, -0.25) is 19.7 Å². The van der Waals surface area contributed by atoms with Crippen LogP contribution in [0.5, 0.6) is 0 Å². The number of carbonyl (C=O) groups is 3. The average molecular weight is 500 g/mol. The molecule has 1 N–H and O–H groups in total. The second kappa shape index (κ2) is 8.14. The predicted molar refractivity (Wildman–Crippen MR) is 127 cm³/mol. The van der Waals surface area contributed by atoms with Crippen LogP contribution in [0.25, 0.3) is 11.3 Å². The van der Waals surface area contributed by atoms with Gasteiger partial charge in [0.05, 0.1) is 26.8 Å². The molecule has 6 nitrogen and oxygen atoms in total. The van der Waals surface area contributed by atoms with Crippen molar-refractivity contribution in [3.05, 3.63) is 85.3 Å². The van der Waals surface area contributed by atoms with E-state index < -0.39 is 0 Å². The molecule has 0 fully saturated rings. The normalized spacial score (nSPS) is 12.9. The number of amides is 3. The molecule has 0 saturated heterocycles. The van der Waals surface area contributed by atoms with Gasteiger partial charge in [-0.15, -0.1) is 22.7 Å². The fourth-order valence-electron chi connectivity index (χ4n) is 3.32. The van der Waals surface area contributed by atoms with Crippen molar-refractivity contribution in [2.45, 2.75) is 0 Å². The maximum Gasteiger partial charge on any atom is 0.266 e. The van der Waals surface area contributed by atoms with Crippen LogP contribution in [-0.2, 0) is 0 Å². The van der Waals surface area contributed by atoms with Gasteiger partial charge in [0.15, 0.2) is 5.13 Å². The molecular formula is C22H11Cl2N3O3S2. The molecule has 3 amide bonds. The van der Waals surface area contributed by atoms with Crippen molar-refractivity contribution in [3.63, 3.8) is 0 Å². The Kier molecular flexibility index (Phi) is 5.30. The Balaban J connectivity index is 1.32. The van der Waals surface area contributed by atoms with Crippen molar-refractivity contribution in [1.82, 2.24) is 4.98 Å². The molecular weight excluding hydrogens is 489 g/mol. The molecule has 32 heavy (non-hydrogen) atoms. The van der Waals surface area contributed by atoms with Gasteiger partial charge in [-0.1, -0.05) is 35.3 Å². The van der Waals surface area contributed by atoms with E-state index in [2.05, 4.69) is 10.3 Å². The smallest absolute Gasteiger partial charge is 0.266 e. The lowest BCUT2D eigenvalue weighted by Gasteiger charge is -2.14. The summed E-state index contributed by atoms with van der Waals surface area (Å²) < 4.78 is 1.09. The molecule has 0 radical (unpaired) electrons. The number of thiazole rings is 1. The molecule has 1 aliphatic rings. The summed E-state index contributed by atoms with van der Waals surface area (Å²) in [6.07, 6.45) is 0. The number of benzene rings is 2. The minimum Gasteiger partial charge on any atom is -0.298 e. The number of fused-ring (bicyclic) bond motifs is 1. The van der Waals surface area contributed by atoms with Gasteiger partial charge in [0, 0.05) is 16.5 Å². The minimum absolute atomic E-state index is 0.360. The highest BCUT2D eigenvalue weighted by molar-refractivity contribution is 7.20. The van der Waals surface area contributed by atoms with Gasteiger partial charge < -0.3 is 0 Å². The number of hydrogen-bond acceptors (Lipinski definition) is 6. The first-order valence-corrected chi connectivity index (χ1v) is 11.7. The van der Waals surface area contributed by atoms with Gasteiger partial charge in [-0.25, -0.2) is 9.88 Å². The Hall–Kier alpha value is -3.04. The maximum absolute atomic E-state index is 12.6. The number of thiophene rings is 1. The molecule has 5 rings (SSSR count). The summed E-state index contributed by atoms with van der Waals surface area (Å²) in [5.41, 5.74) is 2.83. The molecule has 0 unspecified atom stereocenters. The highest BCUT2D eigenvalue weighted by Crippen LogP contribution is 2.39. The number of nitrogens with one attached hydrogen (secondary N) is 1. The Bertz CT molecular complexity index is 1360. The number of imide groups is 1. The first-order valence-electron chi connectivity index (χ1n) is 9.22. The van der Waals surface area contributed by atoms with Crippen LogP contribution in [0.2, 0.25) is 8.67 Å². The van der Waals surface area contributed by atoms with E-state index in [1.54, 1.807) is 60.0 Å². The van der Waals surface area contributed by atoms with Gasteiger partial charge in [0.25, 0.3) is 17.7 Å². The summed E-state index contributed by atoms with van der Waals surface area (Å²) in [6, 6.07) is 14.6. The Morgan fingerprint density at radius 3 is 2.19 bits per heavy atom. The van der Waals surface area contributed by atoms with Crippen LogP contribution >= 0.6 is 45.9 Å². The number of anilines is 2. The molecule has 10 heteroatoms. The van der Waals surface area contributed by atoms with Crippen LogP contribution in [0.15, 0.2) is 60.0 Å². The Morgan fingerprint density at radius 1 is 0.938 bits per heavy atom. The summed E-state index contributed by atoms with van der Waals surface area (Å²) in [6.45, 7) is 0. The topological polar surface area (TPSA) is 79.4 Å². The average Bonchev–Trinajstić information content (AvgIpc) is 3.45. The monoisotopic (exact) mass is 499 g/mol. The number of hydrogen-bond donors (Lipinski definition) is 1. The van der Waals surface area contributed by atoms with Gasteiger partial charge in [-0.2, -0.15) is 0 Å². The van der Waals surface area contributed by atoms with E-state index in [4.69, 9.17) is 23.2 Å². The summed E-state index contributed by atoms with van der Waals surface area (Å²) in [5, 5.41) is 4.94. The highest BCUT2D eigenvalue weighted by atomic mass is 35.5. The highest BCUT2D eigenvalue weighted by Gasteiger charge is 2.36. The van der Waals surface area contributed by atoms with Crippen molar-refractivity contribution in [1.29, 1.82) is 0 Å². The molecule has 0 bridgehead atoms. The third-order valence-electron chi connectivity index (χ3n) is 4.84. The Labute approximate surface area is 200 Å². The second-order valence-corrected chi connectivity index (χ2v) is 9.91. The summed E-state index contributed by atoms with van der Waals surface area (Å²) >= 11 is 14.7. The zero-order chi connectivity index (χ0) is 22.4. The fraction of sp³-hybridized carbons (Fsp3) is 0. The molecule has 2 aromatic heterocycles. The molecule has 1 aliphatic heterocycles. The molecule has 3 heterocycles. The quantitative estimate of drug-likeness (QED) is 0.337. The van der Waals surface area contributed by atoms with E-state index in [0.717, 1.165) is 4.90 Å². The molecule has 0 saturated carbocycles. The third-order valence-corrected chi connectivity index (χ3v) is 7.08. The molecule has 4 aromatic rings. The van der Waals surface area contributed by atoms with E-state index in [1.807, 2.05) is 0 Å². The zero-order valence-electron chi connectivity index (χ0n) is 16.0. The molecule has 0 spiro atoms. The van der Waals surface area contributed by atoms with Crippen LogP contribution < -0.4 is 10.2 Å². The van der Waals surface area contributed by atoms with E-state index in [0.29, 0.717) is 47.4 Å². The minimum atomic E-state index is -0.384. The molecule has 0 aliphatic carbocycles. The SMILES string of the molecule is O=C(Nc1nc(-c2cc(Cl)sc2Cl)cs1)c1ccc(N2C(=O)c3ccccc3C2=O)cc1. The lowest BCUT2D eigenvalue weighted by molar-refractivity contribution is 0.0925. The fourth-order valence-corrected chi connectivity index (χ4v) is 5.51. The molecule has 158 valence electrons. The number of aromatic nitrogens is 1. The van der Waals surface area contributed by atoms with Crippen molar-refractivity contribution in [3.8, 4) is 11.3 Å². The van der Waals surface area contributed by atoms with Gasteiger partial charge in [-0.05, 0) is 42.5 Å².